The molecule has 6 nitrogen and oxygen atoms in total. The summed E-state index contributed by atoms with van der Waals surface area (Å²) in [4.78, 5) is 19.0. The summed E-state index contributed by atoms with van der Waals surface area (Å²) in [6.45, 7) is 4.60. The lowest BCUT2D eigenvalue weighted by Gasteiger charge is -2.29. The second-order valence-corrected chi connectivity index (χ2v) is 8.32. The molecule has 0 saturated carbocycles. The monoisotopic (exact) mass is 444 g/mol. The lowest BCUT2D eigenvalue weighted by molar-refractivity contribution is -0.137. The third-order valence-corrected chi connectivity index (χ3v) is 6.29. The molecule has 1 amide bonds. The van der Waals surface area contributed by atoms with Gasteiger partial charge in [-0.3, -0.25) is 4.79 Å². The predicted octanol–water partition coefficient (Wildman–Crippen LogP) is 3.76. The fourth-order valence-corrected chi connectivity index (χ4v) is 4.28. The molecule has 168 valence electrons. The van der Waals surface area contributed by atoms with Gasteiger partial charge in [-0.05, 0) is 49.7 Å². The molecule has 3 aromatic rings. The van der Waals surface area contributed by atoms with Crippen molar-refractivity contribution in [3.63, 3.8) is 0 Å². The molecule has 32 heavy (non-hydrogen) atoms. The summed E-state index contributed by atoms with van der Waals surface area (Å²) in [7, 11) is 0. The van der Waals surface area contributed by atoms with Gasteiger partial charge in [-0.1, -0.05) is 6.07 Å². The topological polar surface area (TPSA) is 59.4 Å². The lowest BCUT2D eigenvalue weighted by atomic mass is 10.1. The third-order valence-electron chi connectivity index (χ3n) is 6.29. The van der Waals surface area contributed by atoms with Crippen LogP contribution in [0.4, 0.5) is 13.2 Å². The maximum absolute atomic E-state index is 13.2. The van der Waals surface area contributed by atoms with Crippen molar-refractivity contribution in [3.8, 4) is 5.75 Å². The minimum absolute atomic E-state index is 0.128. The zero-order chi connectivity index (χ0) is 22.5. The number of halogens is 3. The second kappa shape index (κ2) is 7.81. The quantitative estimate of drug-likeness (QED) is 0.666. The van der Waals surface area contributed by atoms with Gasteiger partial charge in [-0.25, -0.2) is 4.98 Å². The highest BCUT2D eigenvalue weighted by Gasteiger charge is 2.33. The van der Waals surface area contributed by atoms with Crippen molar-refractivity contribution in [2.75, 3.05) is 19.7 Å². The van der Waals surface area contributed by atoms with E-state index < -0.39 is 11.7 Å². The van der Waals surface area contributed by atoms with Crippen molar-refractivity contribution in [3.05, 3.63) is 58.9 Å². The number of hydrogen-bond donors (Lipinski definition) is 1. The van der Waals surface area contributed by atoms with Crippen LogP contribution in [-0.2, 0) is 19.3 Å². The molecule has 2 aromatic heterocycles. The molecule has 0 radical (unpaired) electrons. The number of nitrogens with one attached hydrogen (secondary N) is 1. The summed E-state index contributed by atoms with van der Waals surface area (Å²) in [5.74, 6) is 0.521. The first kappa shape index (κ1) is 20.8. The summed E-state index contributed by atoms with van der Waals surface area (Å²) in [6, 6.07) is 8.63. The van der Waals surface area contributed by atoms with Crippen LogP contribution in [-0.4, -0.2) is 46.1 Å². The Morgan fingerprint density at radius 2 is 2.09 bits per heavy atom. The van der Waals surface area contributed by atoms with Crippen molar-refractivity contribution in [2.24, 2.45) is 0 Å². The molecule has 2 aliphatic rings. The number of aryl methyl sites for hydroxylation is 1. The van der Waals surface area contributed by atoms with E-state index in [0.29, 0.717) is 54.6 Å². The number of hydrogen-bond acceptors (Lipinski definition) is 4. The maximum atomic E-state index is 13.2. The van der Waals surface area contributed by atoms with Gasteiger partial charge >= 0.3 is 6.18 Å². The number of nitrogens with zero attached hydrogens (tertiary/aromatic N) is 3. The summed E-state index contributed by atoms with van der Waals surface area (Å²) in [5.41, 5.74) is 1.83. The van der Waals surface area contributed by atoms with E-state index in [0.717, 1.165) is 36.5 Å². The van der Waals surface area contributed by atoms with Crippen molar-refractivity contribution in [2.45, 2.75) is 38.7 Å². The molecule has 2 aliphatic heterocycles. The van der Waals surface area contributed by atoms with E-state index in [9.17, 15) is 18.0 Å². The van der Waals surface area contributed by atoms with E-state index >= 15 is 0 Å². The number of carbonyl (C=O) groups is 1. The lowest BCUT2D eigenvalue weighted by Crippen LogP contribution is -2.46. The predicted molar refractivity (Wildman–Crippen MR) is 113 cm³/mol. The number of carbonyl (C=O) groups excluding carboxylic acids is 1. The van der Waals surface area contributed by atoms with E-state index in [4.69, 9.17) is 4.74 Å². The average molecular weight is 444 g/mol. The molecule has 4 heterocycles. The van der Waals surface area contributed by atoms with Crippen LogP contribution < -0.4 is 10.1 Å². The van der Waals surface area contributed by atoms with Crippen LogP contribution in [0, 0.1) is 6.92 Å². The molecule has 1 atom stereocenters. The Hall–Kier alpha value is -3.07. The number of pyridine rings is 1. The highest BCUT2D eigenvalue weighted by atomic mass is 19.4. The molecular formula is C23H23F3N4O2. The summed E-state index contributed by atoms with van der Waals surface area (Å²) in [5, 5.41) is 3.75. The standard InChI is InChI=1S/C23H23F3N4O2/c1-14-19-10-16(23(24,25)26)11-28-21(19)30-8-7-29(12-20(14)30)22(31)15-3-2-4-18(9-15)32-13-17-5-6-27-17/h2-4,9-11,17,27H,5-8,12-13H2,1H3. The van der Waals surface area contributed by atoms with Crippen molar-refractivity contribution in [1.29, 1.82) is 0 Å². The van der Waals surface area contributed by atoms with Crippen LogP contribution in [0.25, 0.3) is 11.0 Å². The van der Waals surface area contributed by atoms with E-state index in [1.807, 2.05) is 10.6 Å². The first-order valence-electron chi connectivity index (χ1n) is 10.6. The Bertz CT molecular complexity index is 1180. The van der Waals surface area contributed by atoms with Gasteiger partial charge < -0.3 is 19.5 Å². The van der Waals surface area contributed by atoms with Gasteiger partial charge in [-0.2, -0.15) is 13.2 Å². The normalized spacial score (nSPS) is 18.4. The number of ether oxygens (including phenoxy) is 1. The Morgan fingerprint density at radius 3 is 2.81 bits per heavy atom. The van der Waals surface area contributed by atoms with E-state index in [1.54, 1.807) is 30.0 Å². The van der Waals surface area contributed by atoms with Crippen molar-refractivity contribution < 1.29 is 22.7 Å². The molecule has 1 N–H and O–H groups in total. The van der Waals surface area contributed by atoms with Gasteiger partial charge in [-0.15, -0.1) is 0 Å². The molecule has 5 rings (SSSR count). The fourth-order valence-electron chi connectivity index (χ4n) is 4.28. The fraction of sp³-hybridized carbons (Fsp3) is 0.391. The number of amides is 1. The van der Waals surface area contributed by atoms with Crippen LogP contribution in [0.5, 0.6) is 5.75 Å². The van der Waals surface area contributed by atoms with E-state index in [1.165, 1.54) is 0 Å². The highest BCUT2D eigenvalue weighted by Crippen LogP contribution is 2.34. The van der Waals surface area contributed by atoms with Gasteiger partial charge in [0, 0.05) is 42.0 Å². The zero-order valence-electron chi connectivity index (χ0n) is 17.6. The largest absolute Gasteiger partial charge is 0.492 e. The van der Waals surface area contributed by atoms with Crippen molar-refractivity contribution in [1.82, 2.24) is 19.8 Å². The van der Waals surface area contributed by atoms with E-state index in [-0.39, 0.29) is 5.91 Å². The van der Waals surface area contributed by atoms with Crippen LogP contribution in [0.15, 0.2) is 36.5 Å². The first-order chi connectivity index (χ1) is 15.3. The number of benzene rings is 1. The van der Waals surface area contributed by atoms with Crippen LogP contribution >= 0.6 is 0 Å². The second-order valence-electron chi connectivity index (χ2n) is 8.32. The van der Waals surface area contributed by atoms with Gasteiger partial charge in [0.25, 0.3) is 5.91 Å². The van der Waals surface area contributed by atoms with Crippen molar-refractivity contribution >= 4 is 16.9 Å². The Labute approximate surface area is 183 Å². The van der Waals surface area contributed by atoms with Crippen LogP contribution in [0.3, 0.4) is 0 Å². The Morgan fingerprint density at radius 1 is 1.28 bits per heavy atom. The molecule has 0 aliphatic carbocycles. The van der Waals surface area contributed by atoms with Gasteiger partial charge in [0.15, 0.2) is 0 Å². The van der Waals surface area contributed by atoms with Gasteiger partial charge in [0.05, 0.1) is 12.1 Å². The van der Waals surface area contributed by atoms with Crippen LogP contribution in [0.1, 0.15) is 33.6 Å². The summed E-state index contributed by atoms with van der Waals surface area (Å²) >= 11 is 0. The van der Waals surface area contributed by atoms with Crippen LogP contribution in [0.2, 0.25) is 0 Å². The number of rotatable bonds is 4. The molecule has 0 spiro atoms. The molecule has 9 heteroatoms. The molecule has 1 aromatic carbocycles. The van der Waals surface area contributed by atoms with E-state index in [2.05, 4.69) is 10.3 Å². The highest BCUT2D eigenvalue weighted by molar-refractivity contribution is 5.95. The minimum atomic E-state index is -4.44. The SMILES string of the molecule is Cc1c2n(c3ncc(C(F)(F)F)cc13)CCN(C(=O)c1cccc(OCC3CCN3)c1)C2. The molecule has 1 saturated heterocycles. The van der Waals surface area contributed by atoms with Gasteiger partial charge in [0.2, 0.25) is 0 Å². The Balaban J connectivity index is 1.37. The molecule has 0 bridgehead atoms. The molecule has 1 fully saturated rings. The maximum Gasteiger partial charge on any atom is 0.417 e. The average Bonchev–Trinajstić information content (AvgIpc) is 3.03. The molecule has 1 unspecified atom stereocenters. The molecular weight excluding hydrogens is 421 g/mol. The smallest absolute Gasteiger partial charge is 0.417 e. The first-order valence-corrected chi connectivity index (χ1v) is 10.6. The summed E-state index contributed by atoms with van der Waals surface area (Å²) < 4.78 is 47.1. The Kier molecular flexibility index (Phi) is 5.08. The number of aromatic nitrogens is 2. The third kappa shape index (κ3) is 3.70. The number of fused-ring (bicyclic) bond motifs is 3. The zero-order valence-corrected chi connectivity index (χ0v) is 17.6. The summed E-state index contributed by atoms with van der Waals surface area (Å²) in [6.07, 6.45) is -2.49. The van der Waals surface area contributed by atoms with Gasteiger partial charge in [0.1, 0.15) is 18.0 Å². The minimum Gasteiger partial charge on any atom is -0.492 e. The number of alkyl halides is 3.